The first-order chi connectivity index (χ1) is 9.29. The van der Waals surface area contributed by atoms with Crippen molar-refractivity contribution in [3.05, 3.63) is 0 Å². The van der Waals surface area contributed by atoms with Crippen molar-refractivity contribution in [2.45, 2.75) is 45.4 Å². The van der Waals surface area contributed by atoms with Crippen LogP contribution in [0.4, 0.5) is 0 Å². The van der Waals surface area contributed by atoms with Gasteiger partial charge in [0.15, 0.2) is 5.96 Å². The fourth-order valence-corrected chi connectivity index (χ4v) is 3.20. The Morgan fingerprint density at radius 3 is 2.50 bits per heavy atom. The highest BCUT2D eigenvalue weighted by molar-refractivity contribution is 14.0. The number of nitrogens with two attached hydrogens (primary N) is 1. The van der Waals surface area contributed by atoms with E-state index in [1.807, 2.05) is 0 Å². The summed E-state index contributed by atoms with van der Waals surface area (Å²) in [6.45, 7) is 9.07. The molecule has 5 heteroatoms. The molecule has 2 fully saturated rings. The maximum absolute atomic E-state index is 6.15. The molecule has 0 aliphatic carbocycles. The van der Waals surface area contributed by atoms with Gasteiger partial charge in [-0.15, -0.1) is 24.0 Å². The monoisotopic (exact) mass is 394 g/mol. The minimum Gasteiger partial charge on any atom is -0.370 e. The Hall–Kier alpha value is -0.0400. The van der Waals surface area contributed by atoms with Crippen molar-refractivity contribution in [1.29, 1.82) is 0 Å². The predicted octanol–water partition coefficient (Wildman–Crippen LogP) is 2.53. The molecule has 20 heavy (non-hydrogen) atoms. The third-order valence-electron chi connectivity index (χ3n) is 4.35. The summed E-state index contributed by atoms with van der Waals surface area (Å²) in [6.07, 6.45) is 7.77. The van der Waals surface area contributed by atoms with Crippen molar-refractivity contribution in [1.82, 2.24) is 9.80 Å². The average molecular weight is 394 g/mol. The van der Waals surface area contributed by atoms with Gasteiger partial charge in [0.2, 0.25) is 0 Å². The number of aliphatic imine (C=N–C) groups is 1. The van der Waals surface area contributed by atoms with E-state index >= 15 is 0 Å². The molecule has 2 rings (SSSR count). The van der Waals surface area contributed by atoms with Crippen LogP contribution in [0.2, 0.25) is 0 Å². The molecule has 0 saturated carbocycles. The first-order valence-electron chi connectivity index (χ1n) is 8.07. The van der Waals surface area contributed by atoms with Crippen LogP contribution < -0.4 is 5.73 Å². The number of hydrogen-bond donors (Lipinski definition) is 1. The summed E-state index contributed by atoms with van der Waals surface area (Å²) in [4.78, 5) is 9.50. The summed E-state index contributed by atoms with van der Waals surface area (Å²) >= 11 is 0. The predicted molar refractivity (Wildman–Crippen MR) is 96.8 cm³/mol. The zero-order valence-corrected chi connectivity index (χ0v) is 15.2. The van der Waals surface area contributed by atoms with Crippen LogP contribution in [0.5, 0.6) is 0 Å². The quantitative estimate of drug-likeness (QED) is 0.453. The Labute approximate surface area is 141 Å². The van der Waals surface area contributed by atoms with Gasteiger partial charge in [0.25, 0.3) is 0 Å². The van der Waals surface area contributed by atoms with Gasteiger partial charge < -0.3 is 15.5 Å². The van der Waals surface area contributed by atoms with E-state index in [0.29, 0.717) is 0 Å². The largest absolute Gasteiger partial charge is 0.370 e. The summed E-state index contributed by atoms with van der Waals surface area (Å²) in [7, 11) is 0. The molecule has 0 radical (unpaired) electrons. The van der Waals surface area contributed by atoms with Crippen molar-refractivity contribution >= 4 is 29.9 Å². The first-order valence-corrected chi connectivity index (χ1v) is 8.07. The third-order valence-corrected chi connectivity index (χ3v) is 4.35. The van der Waals surface area contributed by atoms with Crippen LogP contribution in [0.15, 0.2) is 4.99 Å². The van der Waals surface area contributed by atoms with Crippen LogP contribution >= 0.6 is 24.0 Å². The van der Waals surface area contributed by atoms with Gasteiger partial charge in [0.1, 0.15) is 0 Å². The SMILES string of the molecule is CCCN1CCC(CN=C(N)N2CCCCCC2)C1.I. The average Bonchev–Trinajstić information content (AvgIpc) is 2.69. The van der Waals surface area contributed by atoms with Crippen molar-refractivity contribution < 1.29 is 0 Å². The second-order valence-corrected chi connectivity index (χ2v) is 6.06. The topological polar surface area (TPSA) is 44.9 Å². The molecule has 0 aromatic carbocycles. The smallest absolute Gasteiger partial charge is 0.191 e. The van der Waals surface area contributed by atoms with Gasteiger partial charge in [0.05, 0.1) is 0 Å². The second kappa shape index (κ2) is 9.82. The summed E-state index contributed by atoms with van der Waals surface area (Å²) in [5.74, 6) is 1.51. The molecule has 2 aliphatic heterocycles. The fourth-order valence-electron chi connectivity index (χ4n) is 3.20. The highest BCUT2D eigenvalue weighted by Gasteiger charge is 2.21. The molecule has 2 saturated heterocycles. The summed E-state index contributed by atoms with van der Waals surface area (Å²) in [5.41, 5.74) is 6.15. The highest BCUT2D eigenvalue weighted by Crippen LogP contribution is 2.17. The van der Waals surface area contributed by atoms with Gasteiger partial charge in [-0.3, -0.25) is 4.99 Å². The van der Waals surface area contributed by atoms with E-state index in [1.54, 1.807) is 0 Å². The van der Waals surface area contributed by atoms with Gasteiger partial charge in [-0.25, -0.2) is 0 Å². The van der Waals surface area contributed by atoms with Crippen LogP contribution in [0.3, 0.4) is 0 Å². The van der Waals surface area contributed by atoms with Crippen molar-refractivity contribution in [2.24, 2.45) is 16.6 Å². The maximum atomic E-state index is 6.15. The number of halogens is 1. The van der Waals surface area contributed by atoms with Crippen molar-refractivity contribution in [3.63, 3.8) is 0 Å². The lowest BCUT2D eigenvalue weighted by molar-refractivity contribution is 0.326. The Bertz CT molecular complexity index is 288. The highest BCUT2D eigenvalue weighted by atomic mass is 127. The van der Waals surface area contributed by atoms with Gasteiger partial charge in [-0.05, 0) is 44.7 Å². The van der Waals surface area contributed by atoms with Crippen LogP contribution in [0, 0.1) is 5.92 Å². The normalized spacial score (nSPS) is 25.4. The number of rotatable bonds is 4. The minimum atomic E-state index is 0. The molecule has 4 nitrogen and oxygen atoms in total. The molecule has 1 atom stereocenters. The Kier molecular flexibility index (Phi) is 8.84. The summed E-state index contributed by atoms with van der Waals surface area (Å²) in [6, 6.07) is 0. The van der Waals surface area contributed by atoms with Crippen LogP contribution in [-0.2, 0) is 0 Å². The molecule has 2 aliphatic rings. The Morgan fingerprint density at radius 1 is 1.15 bits per heavy atom. The molecule has 0 spiro atoms. The Morgan fingerprint density at radius 2 is 1.85 bits per heavy atom. The molecule has 0 aromatic rings. The summed E-state index contributed by atoms with van der Waals surface area (Å²) < 4.78 is 0. The van der Waals surface area contributed by atoms with Gasteiger partial charge in [-0.2, -0.15) is 0 Å². The van der Waals surface area contributed by atoms with E-state index in [2.05, 4.69) is 21.7 Å². The lowest BCUT2D eigenvalue weighted by Crippen LogP contribution is -2.38. The molecular weight excluding hydrogens is 363 g/mol. The molecular formula is C15H31IN4. The number of likely N-dealkylation sites (tertiary alicyclic amines) is 2. The first kappa shape index (κ1) is 18.0. The van der Waals surface area contributed by atoms with Crippen LogP contribution in [0.25, 0.3) is 0 Å². The van der Waals surface area contributed by atoms with Gasteiger partial charge in [0, 0.05) is 26.2 Å². The van der Waals surface area contributed by atoms with Crippen LogP contribution in [0.1, 0.15) is 45.4 Å². The molecule has 2 heterocycles. The Balaban J connectivity index is 0.00000200. The second-order valence-electron chi connectivity index (χ2n) is 6.06. The molecule has 0 bridgehead atoms. The molecule has 2 N–H and O–H groups in total. The van der Waals surface area contributed by atoms with E-state index in [4.69, 9.17) is 5.73 Å². The van der Waals surface area contributed by atoms with E-state index in [-0.39, 0.29) is 24.0 Å². The molecule has 1 unspecified atom stereocenters. The van der Waals surface area contributed by atoms with Crippen molar-refractivity contribution in [3.8, 4) is 0 Å². The maximum Gasteiger partial charge on any atom is 0.191 e. The summed E-state index contributed by atoms with van der Waals surface area (Å²) in [5, 5.41) is 0. The third kappa shape index (κ3) is 5.76. The van der Waals surface area contributed by atoms with E-state index in [9.17, 15) is 0 Å². The molecule has 0 aromatic heterocycles. The zero-order valence-electron chi connectivity index (χ0n) is 12.9. The zero-order chi connectivity index (χ0) is 13.5. The van der Waals surface area contributed by atoms with Gasteiger partial charge >= 0.3 is 0 Å². The van der Waals surface area contributed by atoms with Crippen LogP contribution in [-0.4, -0.2) is 55.0 Å². The lowest BCUT2D eigenvalue weighted by atomic mass is 10.1. The van der Waals surface area contributed by atoms with E-state index < -0.39 is 0 Å². The fraction of sp³-hybridized carbons (Fsp3) is 0.933. The number of guanidine groups is 1. The minimum absolute atomic E-state index is 0. The number of nitrogens with zero attached hydrogens (tertiary/aromatic N) is 3. The van der Waals surface area contributed by atoms with Gasteiger partial charge in [-0.1, -0.05) is 19.8 Å². The lowest BCUT2D eigenvalue weighted by Gasteiger charge is -2.21. The van der Waals surface area contributed by atoms with Crippen molar-refractivity contribution in [2.75, 3.05) is 39.3 Å². The standard InChI is InChI=1S/C15H30N4.HI/c1-2-8-18-11-7-14(13-18)12-17-15(16)19-9-5-3-4-6-10-19;/h14H,2-13H2,1H3,(H2,16,17);1H. The van der Waals surface area contributed by atoms with E-state index in [1.165, 1.54) is 58.2 Å². The molecule has 118 valence electrons. The number of hydrogen-bond acceptors (Lipinski definition) is 2. The molecule has 0 amide bonds. The van der Waals surface area contributed by atoms with E-state index in [0.717, 1.165) is 31.5 Å².